The summed E-state index contributed by atoms with van der Waals surface area (Å²) < 4.78 is 9.28. The first-order valence-corrected chi connectivity index (χ1v) is 18.8. The summed E-state index contributed by atoms with van der Waals surface area (Å²) in [6, 6.07) is 68.0. The number of furan rings is 1. The summed E-state index contributed by atoms with van der Waals surface area (Å²) in [6.07, 6.45) is 0. The van der Waals surface area contributed by atoms with Gasteiger partial charge in [-0.2, -0.15) is 0 Å². The molecule has 2 aromatic heterocycles. The Morgan fingerprint density at radius 1 is 0.377 bits per heavy atom. The van der Waals surface area contributed by atoms with Crippen LogP contribution < -0.4 is 4.90 Å². The van der Waals surface area contributed by atoms with Crippen molar-refractivity contribution in [2.45, 2.75) is 0 Å². The molecule has 0 aliphatic heterocycles. The molecule has 3 heteroatoms. The minimum atomic E-state index is 0.919. The molecule has 0 amide bonds. The minimum Gasteiger partial charge on any atom is -0.455 e. The van der Waals surface area contributed by atoms with Gasteiger partial charge in [0.15, 0.2) is 0 Å². The van der Waals surface area contributed by atoms with E-state index in [9.17, 15) is 0 Å². The van der Waals surface area contributed by atoms with Crippen molar-refractivity contribution in [3.8, 4) is 22.3 Å². The third kappa shape index (κ3) is 4.86. The summed E-state index contributed by atoms with van der Waals surface area (Å²) in [5.41, 5.74) is 9.84. The average Bonchev–Trinajstić information content (AvgIpc) is 3.81. The molecule has 0 aliphatic rings. The Morgan fingerprint density at radius 3 is 1.81 bits per heavy atom. The Hall–Kier alpha value is -6.68. The summed E-state index contributed by atoms with van der Waals surface area (Å²) in [4.78, 5) is 2.41. The first-order valence-electron chi connectivity index (χ1n) is 18.0. The standard InChI is InChI=1S/C50H31NOS/c1-2-11-36-31-37(20-19-32(36)9-1)33-21-26-38(27-22-33)51(45-16-8-18-47-48(45)44-13-5-6-17-46(44)53-47)39-28-23-35(24-29-39)41-14-7-15-42-43-30-25-34-10-3-4-12-40(34)50(43)52-49(41)42/h1-31H. The molecular formula is C50H31NOS. The molecule has 0 unspecified atom stereocenters. The highest BCUT2D eigenvalue weighted by Crippen LogP contribution is 2.46. The number of thiophene rings is 1. The topological polar surface area (TPSA) is 16.4 Å². The van der Waals surface area contributed by atoms with Gasteiger partial charge in [0, 0.05) is 53.3 Å². The van der Waals surface area contributed by atoms with Gasteiger partial charge in [-0.1, -0.05) is 133 Å². The van der Waals surface area contributed by atoms with Crippen LogP contribution in [0.15, 0.2) is 192 Å². The van der Waals surface area contributed by atoms with Crippen LogP contribution in [0.3, 0.4) is 0 Å². The van der Waals surface area contributed by atoms with Crippen molar-refractivity contribution >= 4 is 92.1 Å². The fourth-order valence-electron chi connectivity index (χ4n) is 8.08. The van der Waals surface area contributed by atoms with Crippen LogP contribution in [0.25, 0.3) is 85.9 Å². The smallest absolute Gasteiger partial charge is 0.143 e. The number of hydrogen-bond donors (Lipinski definition) is 0. The van der Waals surface area contributed by atoms with E-state index >= 15 is 0 Å². The van der Waals surface area contributed by atoms with E-state index in [0.717, 1.165) is 55.5 Å². The largest absolute Gasteiger partial charge is 0.455 e. The van der Waals surface area contributed by atoms with Gasteiger partial charge >= 0.3 is 0 Å². The van der Waals surface area contributed by atoms with Crippen LogP contribution in [-0.2, 0) is 0 Å². The Bertz CT molecular complexity index is 3170. The number of rotatable bonds is 5. The second-order valence-corrected chi connectivity index (χ2v) is 14.8. The zero-order chi connectivity index (χ0) is 34.9. The lowest BCUT2D eigenvalue weighted by Crippen LogP contribution is -2.10. The highest BCUT2D eigenvalue weighted by atomic mass is 32.1. The number of hydrogen-bond acceptors (Lipinski definition) is 3. The SMILES string of the molecule is c1ccc2cc(-c3ccc(N(c4ccc(-c5cccc6c5oc5c7ccccc7ccc65)cc4)c4cccc5sc6ccccc6c45)cc3)ccc2c1. The maximum absolute atomic E-state index is 6.71. The first kappa shape index (κ1) is 30.0. The van der Waals surface area contributed by atoms with E-state index in [2.05, 4.69) is 193 Å². The zero-order valence-corrected chi connectivity index (χ0v) is 29.5. The van der Waals surface area contributed by atoms with E-state index in [0.29, 0.717) is 0 Å². The van der Waals surface area contributed by atoms with Crippen LogP contribution in [0.2, 0.25) is 0 Å². The number of anilines is 3. The van der Waals surface area contributed by atoms with Crippen molar-refractivity contribution in [3.05, 3.63) is 188 Å². The van der Waals surface area contributed by atoms with E-state index in [-0.39, 0.29) is 0 Å². The van der Waals surface area contributed by atoms with Crippen molar-refractivity contribution in [2.24, 2.45) is 0 Å². The van der Waals surface area contributed by atoms with Gasteiger partial charge in [-0.05, 0) is 87.4 Å². The molecule has 0 fully saturated rings. The Labute approximate surface area is 310 Å². The lowest BCUT2D eigenvalue weighted by molar-refractivity contribution is 0.674. The molecule has 0 N–H and O–H groups in total. The molecule has 0 saturated carbocycles. The molecule has 0 spiro atoms. The molecular weight excluding hydrogens is 663 g/mol. The summed E-state index contributed by atoms with van der Waals surface area (Å²) >= 11 is 1.85. The molecule has 0 radical (unpaired) electrons. The van der Waals surface area contributed by atoms with Crippen LogP contribution in [0.1, 0.15) is 0 Å². The first-order chi connectivity index (χ1) is 26.3. The summed E-state index contributed by atoms with van der Waals surface area (Å²) in [5.74, 6) is 0. The third-order valence-electron chi connectivity index (χ3n) is 10.7. The van der Waals surface area contributed by atoms with Gasteiger partial charge in [-0.25, -0.2) is 0 Å². The van der Waals surface area contributed by atoms with Crippen LogP contribution in [0, 0.1) is 0 Å². The van der Waals surface area contributed by atoms with Crippen LogP contribution in [0.5, 0.6) is 0 Å². The Kier molecular flexibility index (Phi) is 6.76. The minimum absolute atomic E-state index is 0.919. The Morgan fingerprint density at radius 2 is 0.981 bits per heavy atom. The van der Waals surface area contributed by atoms with Gasteiger partial charge in [-0.15, -0.1) is 11.3 Å². The number of nitrogens with zero attached hydrogens (tertiary/aromatic N) is 1. The highest BCUT2D eigenvalue weighted by Gasteiger charge is 2.20. The van der Waals surface area contributed by atoms with Crippen molar-refractivity contribution in [1.29, 1.82) is 0 Å². The predicted octanol–water partition coefficient (Wildman–Crippen LogP) is 15.1. The molecule has 0 saturated heterocycles. The second-order valence-electron chi connectivity index (χ2n) is 13.7. The van der Waals surface area contributed by atoms with Crippen molar-refractivity contribution in [2.75, 3.05) is 4.90 Å². The summed E-state index contributed by atoms with van der Waals surface area (Å²) in [7, 11) is 0. The molecule has 0 atom stereocenters. The lowest BCUT2D eigenvalue weighted by atomic mass is 10.00. The van der Waals surface area contributed by atoms with Gasteiger partial charge in [0.05, 0.1) is 5.69 Å². The van der Waals surface area contributed by atoms with E-state index < -0.39 is 0 Å². The van der Waals surface area contributed by atoms with E-state index in [1.54, 1.807) is 0 Å². The quantitative estimate of drug-likeness (QED) is 0.178. The number of fused-ring (bicyclic) bond motifs is 9. The van der Waals surface area contributed by atoms with Crippen molar-refractivity contribution in [1.82, 2.24) is 0 Å². The second kappa shape index (κ2) is 11.9. The maximum Gasteiger partial charge on any atom is 0.143 e. The molecule has 53 heavy (non-hydrogen) atoms. The molecule has 11 aromatic rings. The predicted molar refractivity (Wildman–Crippen MR) is 227 cm³/mol. The fraction of sp³-hybridized carbons (Fsp3) is 0. The van der Waals surface area contributed by atoms with Gasteiger partial charge in [0.1, 0.15) is 11.2 Å². The van der Waals surface area contributed by atoms with Crippen molar-refractivity contribution < 1.29 is 4.42 Å². The normalized spacial score (nSPS) is 11.8. The average molecular weight is 694 g/mol. The molecule has 9 aromatic carbocycles. The van der Waals surface area contributed by atoms with Gasteiger partial charge < -0.3 is 9.32 Å². The van der Waals surface area contributed by atoms with E-state index in [4.69, 9.17) is 4.42 Å². The van der Waals surface area contributed by atoms with E-state index in [1.807, 2.05) is 11.3 Å². The van der Waals surface area contributed by atoms with Crippen LogP contribution in [0.4, 0.5) is 17.1 Å². The molecule has 0 aliphatic carbocycles. The Balaban J connectivity index is 1.05. The fourth-order valence-corrected chi connectivity index (χ4v) is 9.21. The molecule has 2 nitrogen and oxygen atoms in total. The summed E-state index contributed by atoms with van der Waals surface area (Å²) in [5, 5.41) is 9.66. The molecule has 0 bridgehead atoms. The number of para-hydroxylation sites is 1. The molecule has 248 valence electrons. The monoisotopic (exact) mass is 693 g/mol. The van der Waals surface area contributed by atoms with Gasteiger partial charge in [0.25, 0.3) is 0 Å². The van der Waals surface area contributed by atoms with Crippen molar-refractivity contribution in [3.63, 3.8) is 0 Å². The van der Waals surface area contributed by atoms with Gasteiger partial charge in [-0.3, -0.25) is 0 Å². The lowest BCUT2D eigenvalue weighted by Gasteiger charge is -2.27. The number of benzene rings is 9. The highest BCUT2D eigenvalue weighted by molar-refractivity contribution is 7.26. The van der Waals surface area contributed by atoms with E-state index in [1.165, 1.54) is 47.5 Å². The maximum atomic E-state index is 6.71. The van der Waals surface area contributed by atoms with Crippen LogP contribution in [-0.4, -0.2) is 0 Å². The third-order valence-corrected chi connectivity index (χ3v) is 11.8. The molecule has 11 rings (SSSR count). The van der Waals surface area contributed by atoms with Crippen LogP contribution >= 0.6 is 11.3 Å². The van der Waals surface area contributed by atoms with Gasteiger partial charge in [0.2, 0.25) is 0 Å². The molecule has 2 heterocycles. The zero-order valence-electron chi connectivity index (χ0n) is 28.7. The summed E-state index contributed by atoms with van der Waals surface area (Å²) in [6.45, 7) is 0.